The number of ether oxygens (including phenoxy) is 1. The molecule has 0 aromatic heterocycles. The smallest absolute Gasteiger partial charge is 0.255 e. The number of methoxy groups -OCH3 is 1. The van der Waals surface area contributed by atoms with Gasteiger partial charge in [0.1, 0.15) is 17.3 Å². The van der Waals surface area contributed by atoms with Gasteiger partial charge in [0, 0.05) is 29.8 Å². The summed E-state index contributed by atoms with van der Waals surface area (Å²) in [7, 11) is 3.40. The van der Waals surface area contributed by atoms with Gasteiger partial charge >= 0.3 is 0 Å². The van der Waals surface area contributed by atoms with Crippen molar-refractivity contribution in [3.8, 4) is 11.5 Å². The Labute approximate surface area is 238 Å². The topological polar surface area (TPSA) is 90.9 Å². The predicted molar refractivity (Wildman–Crippen MR) is 158 cm³/mol. The number of amides is 2. The molecule has 0 fully saturated rings. The highest BCUT2D eigenvalue weighted by molar-refractivity contribution is 5.98. The third kappa shape index (κ3) is 6.02. The van der Waals surface area contributed by atoms with Crippen LogP contribution in [-0.2, 0) is 17.8 Å². The molecule has 41 heavy (non-hydrogen) atoms. The van der Waals surface area contributed by atoms with Gasteiger partial charge in [0.05, 0.1) is 19.2 Å². The first kappa shape index (κ1) is 28.1. The lowest BCUT2D eigenvalue weighted by Gasteiger charge is -2.29. The Morgan fingerprint density at radius 2 is 1.88 bits per heavy atom. The van der Waals surface area contributed by atoms with E-state index in [9.17, 15) is 19.1 Å². The molecule has 2 atom stereocenters. The monoisotopic (exact) mass is 555 g/mol. The van der Waals surface area contributed by atoms with Crippen molar-refractivity contribution in [1.29, 1.82) is 0 Å². The molecule has 1 heterocycles. The van der Waals surface area contributed by atoms with E-state index in [1.165, 1.54) is 18.2 Å². The average molecular weight is 556 g/mol. The van der Waals surface area contributed by atoms with Crippen LogP contribution < -0.4 is 20.3 Å². The number of carbonyl (C=O) groups is 2. The highest BCUT2D eigenvalue weighted by Gasteiger charge is 2.33. The Morgan fingerprint density at radius 1 is 1.10 bits per heavy atom. The van der Waals surface area contributed by atoms with Crippen molar-refractivity contribution >= 4 is 28.3 Å². The molecule has 4 aromatic carbocycles. The van der Waals surface area contributed by atoms with Crippen molar-refractivity contribution in [2.45, 2.75) is 31.8 Å². The zero-order valence-electron chi connectivity index (χ0n) is 23.2. The van der Waals surface area contributed by atoms with Crippen molar-refractivity contribution in [3.63, 3.8) is 0 Å². The first-order valence-electron chi connectivity index (χ1n) is 13.8. The summed E-state index contributed by atoms with van der Waals surface area (Å²) >= 11 is 0. The number of rotatable bonds is 9. The van der Waals surface area contributed by atoms with E-state index in [4.69, 9.17) is 4.74 Å². The first-order chi connectivity index (χ1) is 19.9. The summed E-state index contributed by atoms with van der Waals surface area (Å²) < 4.78 is 19.7. The van der Waals surface area contributed by atoms with Gasteiger partial charge in [0.2, 0.25) is 5.91 Å². The van der Waals surface area contributed by atoms with Crippen LogP contribution in [0.4, 0.5) is 10.1 Å². The summed E-state index contributed by atoms with van der Waals surface area (Å²) in [6, 6.07) is 22.4. The molecule has 7 nitrogen and oxygen atoms in total. The molecule has 0 spiro atoms. The van der Waals surface area contributed by atoms with E-state index in [0.717, 1.165) is 34.0 Å². The van der Waals surface area contributed by atoms with E-state index in [-0.39, 0.29) is 47.4 Å². The Bertz CT molecular complexity index is 1570. The summed E-state index contributed by atoms with van der Waals surface area (Å²) in [5.74, 6) is -0.453. The maximum atomic E-state index is 14.2. The van der Waals surface area contributed by atoms with Gasteiger partial charge in [0.15, 0.2) is 0 Å². The highest BCUT2D eigenvalue weighted by atomic mass is 19.1. The number of nitrogens with one attached hydrogen (secondary N) is 2. The number of nitrogens with zero attached hydrogens (tertiary/aromatic N) is 1. The normalized spacial score (nSPS) is 15.7. The number of carbonyl (C=O) groups excluding carboxylic acids is 2. The molecule has 0 aliphatic carbocycles. The van der Waals surface area contributed by atoms with E-state index in [1.807, 2.05) is 42.3 Å². The Morgan fingerprint density at radius 3 is 2.66 bits per heavy atom. The van der Waals surface area contributed by atoms with Crippen LogP contribution in [0.15, 0.2) is 78.9 Å². The van der Waals surface area contributed by atoms with Gasteiger partial charge in [-0.3, -0.25) is 9.59 Å². The minimum atomic E-state index is -0.371. The fraction of sp³-hybridized carbons (Fsp3) is 0.273. The molecule has 8 heteroatoms. The number of halogens is 1. The number of aromatic hydroxyl groups is 1. The standard InChI is InChI=1S/C33H34FN3O4/c1-35-25(19-36-32(39)27-8-4-6-10-30(27)38)18-23-12-11-21-7-3-5-9-29(21)37(33(23)40)20-28-26-15-14-24(34)17-22(26)13-16-31(28)41-2/h3-10,13-17,23,25,35,38H,11-12,18-20H2,1-2H3,(H,36,39)/t23-,25?/m0/s1. The van der Waals surface area contributed by atoms with E-state index < -0.39 is 0 Å². The van der Waals surface area contributed by atoms with Gasteiger partial charge in [-0.25, -0.2) is 4.39 Å². The van der Waals surface area contributed by atoms with E-state index in [2.05, 4.69) is 16.7 Å². The number of hydrogen-bond donors (Lipinski definition) is 3. The summed E-state index contributed by atoms with van der Waals surface area (Å²) in [5.41, 5.74) is 2.96. The van der Waals surface area contributed by atoms with Gasteiger partial charge in [-0.1, -0.05) is 42.5 Å². The van der Waals surface area contributed by atoms with Crippen molar-refractivity contribution in [1.82, 2.24) is 10.6 Å². The quantitative estimate of drug-likeness (QED) is 0.264. The number of anilines is 1. The molecule has 3 N–H and O–H groups in total. The Hall–Kier alpha value is -4.43. The van der Waals surface area contributed by atoms with Crippen LogP contribution in [0.25, 0.3) is 10.8 Å². The maximum absolute atomic E-state index is 14.2. The molecule has 1 aliphatic heterocycles. The van der Waals surface area contributed by atoms with E-state index >= 15 is 0 Å². The molecule has 0 saturated heterocycles. The molecule has 1 unspecified atom stereocenters. The van der Waals surface area contributed by atoms with Crippen LogP contribution in [0.2, 0.25) is 0 Å². The van der Waals surface area contributed by atoms with Gasteiger partial charge in [-0.05, 0) is 79.0 Å². The summed E-state index contributed by atoms with van der Waals surface area (Å²) in [5, 5.41) is 17.7. The fourth-order valence-corrected chi connectivity index (χ4v) is 5.64. The zero-order chi connectivity index (χ0) is 28.9. The second-order valence-corrected chi connectivity index (χ2v) is 10.3. The summed E-state index contributed by atoms with van der Waals surface area (Å²) in [6.07, 6.45) is 1.91. The van der Waals surface area contributed by atoms with Gasteiger partial charge < -0.3 is 25.4 Å². The minimum Gasteiger partial charge on any atom is -0.507 e. The highest BCUT2D eigenvalue weighted by Crippen LogP contribution is 2.36. The SMILES string of the molecule is CNC(CNC(=O)c1ccccc1O)C[C@@H]1CCc2ccccc2N(Cc2c(OC)ccc3cc(F)ccc23)C1=O. The van der Waals surface area contributed by atoms with Crippen LogP contribution in [-0.4, -0.2) is 43.7 Å². The lowest BCUT2D eigenvalue weighted by atomic mass is 9.93. The van der Waals surface area contributed by atoms with Crippen molar-refractivity contribution < 1.29 is 23.8 Å². The molecule has 1 aliphatic rings. The lowest BCUT2D eigenvalue weighted by Crippen LogP contribution is -2.43. The van der Waals surface area contributed by atoms with Gasteiger partial charge in [-0.2, -0.15) is 0 Å². The number of benzene rings is 4. The second kappa shape index (κ2) is 12.4. The third-order valence-corrected chi connectivity index (χ3v) is 7.88. The van der Waals surface area contributed by atoms with Gasteiger partial charge in [0.25, 0.3) is 5.91 Å². The molecule has 0 bridgehead atoms. The van der Waals surface area contributed by atoms with E-state index in [1.54, 1.807) is 31.4 Å². The van der Waals surface area contributed by atoms with Crippen LogP contribution in [0, 0.1) is 11.7 Å². The zero-order valence-corrected chi connectivity index (χ0v) is 23.2. The molecular formula is C33H34FN3O4. The van der Waals surface area contributed by atoms with Crippen LogP contribution in [0.1, 0.15) is 34.3 Å². The minimum absolute atomic E-state index is 0.0107. The molecule has 5 rings (SSSR count). The van der Waals surface area contributed by atoms with Crippen molar-refractivity contribution in [2.24, 2.45) is 5.92 Å². The fourth-order valence-electron chi connectivity index (χ4n) is 5.64. The van der Waals surface area contributed by atoms with Crippen LogP contribution >= 0.6 is 0 Å². The number of phenols is 1. The maximum Gasteiger partial charge on any atom is 0.255 e. The van der Waals surface area contributed by atoms with Crippen LogP contribution in [0.5, 0.6) is 11.5 Å². The number of likely N-dealkylation sites (N-methyl/N-ethyl adjacent to an activating group) is 1. The predicted octanol–water partition coefficient (Wildman–Crippen LogP) is 5.20. The second-order valence-electron chi connectivity index (χ2n) is 10.3. The van der Waals surface area contributed by atoms with E-state index in [0.29, 0.717) is 25.1 Å². The molecule has 0 saturated carbocycles. The van der Waals surface area contributed by atoms with Crippen molar-refractivity contribution in [3.05, 3.63) is 101 Å². The number of phenolic OH excluding ortho intramolecular Hbond substituents is 1. The number of aryl methyl sites for hydroxylation is 1. The lowest BCUT2D eigenvalue weighted by molar-refractivity contribution is -0.123. The Balaban J connectivity index is 1.41. The molecular weight excluding hydrogens is 521 g/mol. The Kier molecular flexibility index (Phi) is 8.50. The summed E-state index contributed by atoms with van der Waals surface area (Å²) in [6.45, 7) is 0.565. The molecule has 4 aromatic rings. The molecule has 212 valence electrons. The number of fused-ring (bicyclic) bond motifs is 2. The summed E-state index contributed by atoms with van der Waals surface area (Å²) in [4.78, 5) is 28.7. The van der Waals surface area contributed by atoms with Gasteiger partial charge in [-0.15, -0.1) is 0 Å². The number of hydrogen-bond acceptors (Lipinski definition) is 5. The largest absolute Gasteiger partial charge is 0.507 e. The number of para-hydroxylation sites is 2. The molecule has 0 radical (unpaired) electrons. The molecule has 2 amide bonds. The first-order valence-corrected chi connectivity index (χ1v) is 13.8. The third-order valence-electron chi connectivity index (χ3n) is 7.88. The average Bonchev–Trinajstić information content (AvgIpc) is 3.11. The van der Waals surface area contributed by atoms with Crippen LogP contribution in [0.3, 0.4) is 0 Å². The van der Waals surface area contributed by atoms with Crippen molar-refractivity contribution in [2.75, 3.05) is 25.6 Å².